The largest absolute Gasteiger partial charge is 0.425 e. The van der Waals surface area contributed by atoms with Crippen molar-refractivity contribution < 1.29 is 19.1 Å². The van der Waals surface area contributed by atoms with Gasteiger partial charge >= 0.3 is 5.97 Å². The lowest BCUT2D eigenvalue weighted by molar-refractivity contribution is -0.137. The standard InChI is InChI=1S/C13H15NO4/c1-8(2)13(17)9-5-3-4-6-10(9)18-12(16)7-11(14)15/h3-6,8H,7H2,1-2H3,(H2,14,15). The summed E-state index contributed by atoms with van der Waals surface area (Å²) in [5.74, 6) is -1.72. The average molecular weight is 249 g/mol. The summed E-state index contributed by atoms with van der Waals surface area (Å²) in [7, 11) is 0. The fraction of sp³-hybridized carbons (Fsp3) is 0.308. The Bertz CT molecular complexity index is 480. The Hall–Kier alpha value is -2.17. The third-order valence-electron chi connectivity index (χ3n) is 2.22. The van der Waals surface area contributed by atoms with Crippen LogP contribution in [0.4, 0.5) is 0 Å². The molecule has 0 aliphatic carbocycles. The number of ketones is 1. The third-order valence-corrected chi connectivity index (χ3v) is 2.22. The number of para-hydroxylation sites is 1. The summed E-state index contributed by atoms with van der Waals surface area (Å²) in [5, 5.41) is 0. The van der Waals surface area contributed by atoms with Crippen molar-refractivity contribution in [2.45, 2.75) is 20.3 Å². The number of carbonyl (C=O) groups excluding carboxylic acids is 3. The molecule has 1 rings (SSSR count). The van der Waals surface area contributed by atoms with Gasteiger partial charge in [0.05, 0.1) is 5.56 Å². The highest BCUT2D eigenvalue weighted by Crippen LogP contribution is 2.21. The molecule has 0 radical (unpaired) electrons. The minimum absolute atomic E-state index is 0.127. The molecule has 1 amide bonds. The van der Waals surface area contributed by atoms with Gasteiger partial charge in [-0.3, -0.25) is 14.4 Å². The zero-order chi connectivity index (χ0) is 13.7. The Morgan fingerprint density at radius 3 is 2.39 bits per heavy atom. The van der Waals surface area contributed by atoms with Gasteiger partial charge in [-0.1, -0.05) is 26.0 Å². The number of nitrogens with two attached hydrogens (primary N) is 1. The monoisotopic (exact) mass is 249 g/mol. The second-order valence-corrected chi connectivity index (χ2v) is 4.13. The summed E-state index contributed by atoms with van der Waals surface area (Å²) < 4.78 is 4.97. The van der Waals surface area contributed by atoms with E-state index in [1.165, 1.54) is 6.07 Å². The molecule has 1 aromatic carbocycles. The Balaban J connectivity index is 2.92. The summed E-state index contributed by atoms with van der Waals surface area (Å²) >= 11 is 0. The molecule has 0 aliphatic rings. The number of amides is 1. The number of primary amides is 1. The van der Waals surface area contributed by atoms with Crippen molar-refractivity contribution in [2.75, 3.05) is 0 Å². The number of Topliss-reactive ketones (excluding diaryl/α,β-unsaturated/α-hetero) is 1. The SMILES string of the molecule is CC(C)C(=O)c1ccccc1OC(=O)CC(N)=O. The summed E-state index contributed by atoms with van der Waals surface area (Å²) in [6.07, 6.45) is -0.510. The second kappa shape index (κ2) is 5.95. The number of esters is 1. The lowest BCUT2D eigenvalue weighted by Gasteiger charge is -2.10. The molecule has 0 spiro atoms. The Labute approximate surface area is 105 Å². The normalized spacial score (nSPS) is 10.2. The molecule has 1 aromatic rings. The first-order valence-corrected chi connectivity index (χ1v) is 5.54. The van der Waals surface area contributed by atoms with Crippen LogP contribution in [0.25, 0.3) is 0 Å². The van der Waals surface area contributed by atoms with E-state index >= 15 is 0 Å². The number of hydrogen-bond donors (Lipinski definition) is 1. The van der Waals surface area contributed by atoms with Gasteiger partial charge in [0, 0.05) is 5.92 Å². The van der Waals surface area contributed by atoms with Crippen LogP contribution in [0.1, 0.15) is 30.6 Å². The smallest absolute Gasteiger partial charge is 0.320 e. The second-order valence-electron chi connectivity index (χ2n) is 4.13. The summed E-state index contributed by atoms with van der Waals surface area (Å²) in [4.78, 5) is 33.8. The maximum atomic E-state index is 11.9. The number of ether oxygens (including phenoxy) is 1. The van der Waals surface area contributed by atoms with Gasteiger partial charge in [0.2, 0.25) is 5.91 Å². The lowest BCUT2D eigenvalue weighted by atomic mass is 10.0. The van der Waals surface area contributed by atoms with Gasteiger partial charge < -0.3 is 10.5 Å². The first-order chi connectivity index (χ1) is 8.41. The molecule has 0 unspecified atom stereocenters. The molecule has 5 heteroatoms. The molecular formula is C13H15NO4. The van der Waals surface area contributed by atoms with Crippen LogP contribution in [0, 0.1) is 5.92 Å². The van der Waals surface area contributed by atoms with Gasteiger partial charge in [-0.05, 0) is 12.1 Å². The van der Waals surface area contributed by atoms with Crippen LogP contribution in [-0.2, 0) is 9.59 Å². The predicted molar refractivity (Wildman–Crippen MR) is 65.1 cm³/mol. The van der Waals surface area contributed by atoms with E-state index in [2.05, 4.69) is 0 Å². The summed E-state index contributed by atoms with van der Waals surface area (Å²) in [5.41, 5.74) is 5.21. The number of rotatable bonds is 5. The van der Waals surface area contributed by atoms with Gasteiger partial charge in [0.1, 0.15) is 12.2 Å². The van der Waals surface area contributed by atoms with Gasteiger partial charge in [-0.15, -0.1) is 0 Å². The van der Waals surface area contributed by atoms with E-state index in [-0.39, 0.29) is 17.5 Å². The zero-order valence-corrected chi connectivity index (χ0v) is 10.3. The van der Waals surface area contributed by atoms with E-state index in [1.807, 2.05) is 0 Å². The molecule has 18 heavy (non-hydrogen) atoms. The molecule has 0 aliphatic heterocycles. The Morgan fingerprint density at radius 1 is 1.22 bits per heavy atom. The maximum Gasteiger partial charge on any atom is 0.320 e. The van der Waals surface area contributed by atoms with E-state index in [1.54, 1.807) is 32.0 Å². The highest BCUT2D eigenvalue weighted by atomic mass is 16.5. The minimum Gasteiger partial charge on any atom is -0.425 e. The van der Waals surface area contributed by atoms with Gasteiger partial charge in [0.15, 0.2) is 5.78 Å². The minimum atomic E-state index is -0.772. The fourth-order valence-electron chi connectivity index (χ4n) is 1.37. The van der Waals surface area contributed by atoms with E-state index in [0.29, 0.717) is 5.56 Å². The number of benzene rings is 1. The molecule has 0 bridgehead atoms. The first kappa shape index (κ1) is 13.9. The molecule has 0 aromatic heterocycles. The highest BCUT2D eigenvalue weighted by Gasteiger charge is 2.18. The fourth-order valence-corrected chi connectivity index (χ4v) is 1.37. The van der Waals surface area contributed by atoms with E-state index < -0.39 is 18.3 Å². The topological polar surface area (TPSA) is 86.5 Å². The van der Waals surface area contributed by atoms with Crippen molar-refractivity contribution in [1.29, 1.82) is 0 Å². The highest BCUT2D eigenvalue weighted by molar-refractivity contribution is 6.01. The van der Waals surface area contributed by atoms with E-state index in [0.717, 1.165) is 0 Å². The lowest BCUT2D eigenvalue weighted by Crippen LogP contribution is -2.21. The average Bonchev–Trinajstić information content (AvgIpc) is 2.27. The predicted octanol–water partition coefficient (Wildman–Crippen LogP) is 1.31. The summed E-state index contributed by atoms with van der Waals surface area (Å²) in [6, 6.07) is 6.41. The zero-order valence-electron chi connectivity index (χ0n) is 10.3. The Morgan fingerprint density at radius 2 is 1.83 bits per heavy atom. The van der Waals surface area contributed by atoms with Crippen LogP contribution in [0.5, 0.6) is 5.75 Å². The molecule has 0 fully saturated rings. The molecule has 0 saturated carbocycles. The van der Waals surface area contributed by atoms with Gasteiger partial charge in [-0.2, -0.15) is 0 Å². The van der Waals surface area contributed by atoms with Crippen molar-refractivity contribution in [1.82, 2.24) is 0 Å². The van der Waals surface area contributed by atoms with Crippen LogP contribution < -0.4 is 10.5 Å². The van der Waals surface area contributed by atoms with Crippen LogP contribution in [0.2, 0.25) is 0 Å². The van der Waals surface area contributed by atoms with Crippen molar-refractivity contribution in [2.24, 2.45) is 11.7 Å². The van der Waals surface area contributed by atoms with Gasteiger partial charge in [-0.25, -0.2) is 0 Å². The van der Waals surface area contributed by atoms with Crippen molar-refractivity contribution in [3.63, 3.8) is 0 Å². The molecular weight excluding hydrogens is 234 g/mol. The Kier molecular flexibility index (Phi) is 4.59. The van der Waals surface area contributed by atoms with Crippen LogP contribution in [0.15, 0.2) is 24.3 Å². The third kappa shape index (κ3) is 3.69. The number of carbonyl (C=O) groups is 3. The van der Waals surface area contributed by atoms with Gasteiger partial charge in [0.25, 0.3) is 0 Å². The first-order valence-electron chi connectivity index (χ1n) is 5.54. The van der Waals surface area contributed by atoms with Crippen LogP contribution in [0.3, 0.4) is 0 Å². The molecule has 96 valence electrons. The maximum absolute atomic E-state index is 11.9. The van der Waals surface area contributed by atoms with Crippen molar-refractivity contribution in [3.05, 3.63) is 29.8 Å². The molecule has 2 N–H and O–H groups in total. The molecule has 0 saturated heterocycles. The molecule has 5 nitrogen and oxygen atoms in total. The number of hydrogen-bond acceptors (Lipinski definition) is 4. The molecule has 0 atom stereocenters. The van der Waals surface area contributed by atoms with E-state index in [4.69, 9.17) is 10.5 Å². The van der Waals surface area contributed by atoms with E-state index in [9.17, 15) is 14.4 Å². The van der Waals surface area contributed by atoms with Crippen molar-refractivity contribution in [3.8, 4) is 5.75 Å². The van der Waals surface area contributed by atoms with Crippen LogP contribution in [-0.4, -0.2) is 17.7 Å². The quantitative estimate of drug-likeness (QED) is 0.369. The molecule has 0 heterocycles. The van der Waals surface area contributed by atoms with Crippen molar-refractivity contribution >= 4 is 17.7 Å². The van der Waals surface area contributed by atoms with Crippen LogP contribution >= 0.6 is 0 Å². The summed E-state index contributed by atoms with van der Waals surface area (Å²) in [6.45, 7) is 3.51.